The minimum absolute atomic E-state index is 0.285. The molecule has 3 rings (SSSR count). The van der Waals surface area contributed by atoms with Crippen molar-refractivity contribution < 1.29 is 4.74 Å². The van der Waals surface area contributed by atoms with Gasteiger partial charge in [-0.05, 0) is 68.5 Å². The average Bonchev–Trinajstić information content (AvgIpc) is 2.50. The van der Waals surface area contributed by atoms with Crippen molar-refractivity contribution >= 4 is 58.0 Å². The van der Waals surface area contributed by atoms with E-state index in [0.717, 1.165) is 22.7 Å². The molecule has 6 heteroatoms. The molecule has 1 aliphatic rings. The van der Waals surface area contributed by atoms with E-state index in [4.69, 9.17) is 40.2 Å². The van der Waals surface area contributed by atoms with E-state index in [1.165, 1.54) is 0 Å². The molecule has 2 aromatic carbocycles. The van der Waals surface area contributed by atoms with Crippen molar-refractivity contribution in [2.75, 3.05) is 10.6 Å². The van der Waals surface area contributed by atoms with Crippen LogP contribution in [0.3, 0.4) is 0 Å². The summed E-state index contributed by atoms with van der Waals surface area (Å²) in [4.78, 5) is 0. The van der Waals surface area contributed by atoms with Gasteiger partial charge in [-0.15, -0.1) is 0 Å². The summed E-state index contributed by atoms with van der Waals surface area (Å²) in [5.41, 5.74) is 2.37. The van der Waals surface area contributed by atoms with E-state index < -0.39 is 0 Å². The first-order valence-corrected chi connectivity index (χ1v) is 8.54. The lowest BCUT2D eigenvalue weighted by Crippen LogP contribution is -2.27. The molecule has 0 aliphatic carbocycles. The van der Waals surface area contributed by atoms with Gasteiger partial charge in [0.2, 0.25) is 0 Å². The SMILES string of the molecule is CC1(C)C=Cc2cc(NC(=S)Nc3ccc(Cl)c(Cl)c3)ccc2O1. The van der Waals surface area contributed by atoms with E-state index in [1.54, 1.807) is 12.1 Å². The number of fused-ring (bicyclic) bond motifs is 1. The molecule has 3 nitrogen and oxygen atoms in total. The molecule has 0 saturated carbocycles. The average molecular weight is 379 g/mol. The van der Waals surface area contributed by atoms with E-state index in [9.17, 15) is 0 Å². The first kappa shape index (κ1) is 17.1. The summed E-state index contributed by atoms with van der Waals surface area (Å²) in [5, 5.41) is 7.68. The second-order valence-electron chi connectivity index (χ2n) is 6.00. The van der Waals surface area contributed by atoms with Crippen LogP contribution in [0.25, 0.3) is 6.08 Å². The third-order valence-corrected chi connectivity index (χ3v) is 4.43. The van der Waals surface area contributed by atoms with E-state index in [2.05, 4.69) is 16.7 Å². The van der Waals surface area contributed by atoms with Crippen LogP contribution in [-0.2, 0) is 0 Å². The molecule has 0 spiro atoms. The molecule has 24 heavy (non-hydrogen) atoms. The van der Waals surface area contributed by atoms with Gasteiger partial charge < -0.3 is 15.4 Å². The van der Waals surface area contributed by atoms with Gasteiger partial charge in [-0.25, -0.2) is 0 Å². The smallest absolute Gasteiger partial charge is 0.175 e. The van der Waals surface area contributed by atoms with Crippen molar-refractivity contribution in [2.24, 2.45) is 0 Å². The molecule has 0 saturated heterocycles. The Morgan fingerprint density at radius 1 is 1.00 bits per heavy atom. The van der Waals surface area contributed by atoms with Crippen molar-refractivity contribution in [1.29, 1.82) is 0 Å². The Hall–Kier alpha value is -1.75. The molecule has 0 atom stereocenters. The molecule has 0 unspecified atom stereocenters. The van der Waals surface area contributed by atoms with E-state index in [1.807, 2.05) is 44.2 Å². The number of thiocarbonyl (C=S) groups is 1. The van der Waals surface area contributed by atoms with Gasteiger partial charge in [0.25, 0.3) is 0 Å². The Kier molecular flexibility index (Phi) is 4.72. The molecule has 0 radical (unpaired) electrons. The van der Waals surface area contributed by atoms with Crippen LogP contribution in [-0.4, -0.2) is 10.7 Å². The molecule has 0 bridgehead atoms. The largest absolute Gasteiger partial charge is 0.483 e. The summed E-state index contributed by atoms with van der Waals surface area (Å²) in [6, 6.07) is 11.1. The van der Waals surface area contributed by atoms with Crippen molar-refractivity contribution in [2.45, 2.75) is 19.4 Å². The van der Waals surface area contributed by atoms with Crippen LogP contribution in [0.15, 0.2) is 42.5 Å². The third-order valence-electron chi connectivity index (χ3n) is 3.48. The highest BCUT2D eigenvalue weighted by Crippen LogP contribution is 2.32. The van der Waals surface area contributed by atoms with Crippen molar-refractivity contribution in [3.05, 3.63) is 58.1 Å². The summed E-state index contributed by atoms with van der Waals surface area (Å²) in [5.74, 6) is 0.858. The van der Waals surface area contributed by atoms with Crippen LogP contribution >= 0.6 is 35.4 Å². The van der Waals surface area contributed by atoms with Gasteiger partial charge in [0.15, 0.2) is 5.11 Å². The molecular formula is C18H16Cl2N2OS. The quantitative estimate of drug-likeness (QED) is 0.629. The van der Waals surface area contributed by atoms with E-state index >= 15 is 0 Å². The standard InChI is InChI=1S/C18H16Cl2N2OS/c1-18(2)8-7-11-9-12(4-6-16(11)23-18)21-17(24)22-13-3-5-14(19)15(20)10-13/h3-10H,1-2H3,(H2,21,22,24). The van der Waals surface area contributed by atoms with Gasteiger partial charge in [-0.3, -0.25) is 0 Å². The zero-order chi connectivity index (χ0) is 17.3. The molecule has 2 aromatic rings. The number of rotatable bonds is 2. The van der Waals surface area contributed by atoms with Gasteiger partial charge in [0.1, 0.15) is 11.4 Å². The molecule has 0 aromatic heterocycles. The monoisotopic (exact) mass is 378 g/mol. The molecule has 0 amide bonds. The molecule has 1 aliphatic heterocycles. The maximum atomic E-state index is 6.00. The molecule has 0 fully saturated rings. The molecule has 1 heterocycles. The van der Waals surface area contributed by atoms with Gasteiger partial charge in [0.05, 0.1) is 10.0 Å². The number of hydrogen-bond donors (Lipinski definition) is 2. The van der Waals surface area contributed by atoms with Gasteiger partial charge in [-0.1, -0.05) is 29.3 Å². The molecular weight excluding hydrogens is 363 g/mol. The first-order valence-electron chi connectivity index (χ1n) is 7.38. The summed E-state index contributed by atoms with van der Waals surface area (Å²) in [6.45, 7) is 4.05. The number of anilines is 2. The lowest BCUT2D eigenvalue weighted by molar-refractivity contribution is 0.159. The second kappa shape index (κ2) is 6.63. The van der Waals surface area contributed by atoms with Crippen LogP contribution < -0.4 is 15.4 Å². The minimum atomic E-state index is -0.285. The van der Waals surface area contributed by atoms with Crippen LogP contribution in [0.2, 0.25) is 10.0 Å². The Balaban J connectivity index is 1.70. The van der Waals surface area contributed by atoms with Crippen LogP contribution in [0.5, 0.6) is 5.75 Å². The van der Waals surface area contributed by atoms with Crippen molar-refractivity contribution in [3.63, 3.8) is 0 Å². The van der Waals surface area contributed by atoms with Crippen LogP contribution in [0.1, 0.15) is 19.4 Å². The highest BCUT2D eigenvalue weighted by atomic mass is 35.5. The maximum Gasteiger partial charge on any atom is 0.175 e. The van der Waals surface area contributed by atoms with E-state index in [0.29, 0.717) is 15.2 Å². The molecule has 2 N–H and O–H groups in total. The Morgan fingerprint density at radius 2 is 1.67 bits per heavy atom. The number of halogens is 2. The predicted molar refractivity (Wildman–Crippen MR) is 106 cm³/mol. The molecule has 124 valence electrons. The van der Waals surface area contributed by atoms with Gasteiger partial charge in [0, 0.05) is 16.9 Å². The number of nitrogens with one attached hydrogen (secondary N) is 2. The summed E-state index contributed by atoms with van der Waals surface area (Å²) >= 11 is 17.2. The minimum Gasteiger partial charge on any atom is -0.483 e. The van der Waals surface area contributed by atoms with Crippen LogP contribution in [0, 0.1) is 0 Å². The highest BCUT2D eigenvalue weighted by molar-refractivity contribution is 7.80. The fraction of sp³-hybridized carbons (Fsp3) is 0.167. The van der Waals surface area contributed by atoms with E-state index in [-0.39, 0.29) is 5.60 Å². The zero-order valence-corrected chi connectivity index (χ0v) is 15.5. The Labute approximate surface area is 156 Å². The third kappa shape index (κ3) is 4.01. The summed E-state index contributed by atoms with van der Waals surface area (Å²) in [6.07, 6.45) is 4.09. The lowest BCUT2D eigenvalue weighted by Gasteiger charge is -2.28. The second-order valence-corrected chi connectivity index (χ2v) is 7.22. The lowest BCUT2D eigenvalue weighted by atomic mass is 10.0. The maximum absolute atomic E-state index is 6.00. The fourth-order valence-electron chi connectivity index (χ4n) is 2.32. The Bertz CT molecular complexity index is 834. The van der Waals surface area contributed by atoms with Gasteiger partial charge in [-0.2, -0.15) is 0 Å². The number of benzene rings is 2. The highest BCUT2D eigenvalue weighted by Gasteiger charge is 2.21. The fourth-order valence-corrected chi connectivity index (χ4v) is 2.86. The normalized spacial score (nSPS) is 14.5. The van der Waals surface area contributed by atoms with Crippen molar-refractivity contribution in [3.8, 4) is 5.75 Å². The van der Waals surface area contributed by atoms with Crippen molar-refractivity contribution in [1.82, 2.24) is 0 Å². The summed E-state index contributed by atoms with van der Waals surface area (Å²) < 4.78 is 5.91. The zero-order valence-electron chi connectivity index (χ0n) is 13.2. The summed E-state index contributed by atoms with van der Waals surface area (Å²) in [7, 11) is 0. The Morgan fingerprint density at radius 3 is 2.38 bits per heavy atom. The van der Waals surface area contributed by atoms with Gasteiger partial charge >= 0.3 is 0 Å². The topological polar surface area (TPSA) is 33.3 Å². The number of hydrogen-bond acceptors (Lipinski definition) is 2. The van der Waals surface area contributed by atoms with Crippen LogP contribution in [0.4, 0.5) is 11.4 Å². The predicted octanol–water partition coefficient (Wildman–Crippen LogP) is 5.99. The first-order chi connectivity index (χ1) is 11.3. The number of ether oxygens (including phenoxy) is 1.